The van der Waals surface area contributed by atoms with E-state index in [1.54, 1.807) is 13.8 Å². The minimum absolute atomic E-state index is 0.438. The molecule has 0 aromatic carbocycles. The highest BCUT2D eigenvalue weighted by Gasteiger charge is 2.19. The van der Waals surface area contributed by atoms with Gasteiger partial charge in [-0.25, -0.2) is 0 Å². The molecule has 0 saturated carbocycles. The van der Waals surface area contributed by atoms with Gasteiger partial charge in [-0.2, -0.15) is 0 Å². The van der Waals surface area contributed by atoms with Crippen LogP contribution in [0.5, 0.6) is 0 Å². The van der Waals surface area contributed by atoms with Crippen LogP contribution in [0.25, 0.3) is 0 Å². The molecule has 0 amide bonds. The van der Waals surface area contributed by atoms with E-state index in [9.17, 15) is 8.76 Å². The molecule has 0 aliphatic heterocycles. The predicted molar refractivity (Wildman–Crippen MR) is 42.5 cm³/mol. The first-order chi connectivity index (χ1) is 4.36. The van der Waals surface area contributed by atoms with Gasteiger partial charge in [-0.15, -0.1) is 0 Å². The summed E-state index contributed by atoms with van der Waals surface area (Å²) < 4.78 is 20.6. The Hall–Kier alpha value is 0.110. The second-order valence-corrected chi connectivity index (χ2v) is 5.17. The minimum Gasteiger partial charge on any atom is -0.772 e. The molecule has 0 bridgehead atoms. The van der Waals surface area contributed by atoms with E-state index >= 15 is 0 Å². The van der Waals surface area contributed by atoms with Crippen molar-refractivity contribution in [2.45, 2.75) is 38.9 Å². The van der Waals surface area contributed by atoms with E-state index in [0.29, 0.717) is 5.92 Å². The van der Waals surface area contributed by atoms with E-state index in [1.165, 1.54) is 0 Å². The summed E-state index contributed by atoms with van der Waals surface area (Å²) in [5, 5.41) is 0. The van der Waals surface area contributed by atoms with Crippen LogP contribution in [0, 0.1) is 5.92 Å². The van der Waals surface area contributed by atoms with E-state index in [4.69, 9.17) is 0 Å². The van der Waals surface area contributed by atoms with Gasteiger partial charge in [0.1, 0.15) is 0 Å². The van der Waals surface area contributed by atoms with Crippen LogP contribution in [0.2, 0.25) is 0 Å². The zero-order chi connectivity index (χ0) is 8.36. The van der Waals surface area contributed by atoms with Crippen molar-refractivity contribution < 1.29 is 8.76 Å². The molecule has 3 heteroatoms. The van der Waals surface area contributed by atoms with Crippen LogP contribution in [-0.2, 0) is 11.1 Å². The van der Waals surface area contributed by atoms with Gasteiger partial charge in [0.2, 0.25) is 0 Å². The van der Waals surface area contributed by atoms with Crippen molar-refractivity contribution >= 4 is 11.1 Å². The molecule has 0 aliphatic carbocycles. The summed E-state index contributed by atoms with van der Waals surface area (Å²) in [5.41, 5.74) is 0. The predicted octanol–water partition coefficient (Wildman–Crippen LogP) is 1.69. The van der Waals surface area contributed by atoms with Gasteiger partial charge in [0, 0.05) is 4.75 Å². The average molecular weight is 163 g/mol. The van der Waals surface area contributed by atoms with Crippen molar-refractivity contribution in [3.05, 3.63) is 0 Å². The van der Waals surface area contributed by atoms with Crippen LogP contribution in [0.15, 0.2) is 0 Å². The van der Waals surface area contributed by atoms with Crippen LogP contribution >= 0.6 is 0 Å². The normalized spacial score (nSPS) is 15.8. The lowest BCUT2D eigenvalue weighted by molar-refractivity contribution is 0.440. The van der Waals surface area contributed by atoms with E-state index in [1.807, 2.05) is 13.8 Å². The molecule has 0 heterocycles. The summed E-state index contributed by atoms with van der Waals surface area (Å²) in [4.78, 5) is 0. The van der Waals surface area contributed by atoms with Gasteiger partial charge >= 0.3 is 0 Å². The lowest BCUT2D eigenvalue weighted by atomic mass is 10.0. The van der Waals surface area contributed by atoms with Crippen molar-refractivity contribution in [2.24, 2.45) is 5.92 Å². The molecule has 10 heavy (non-hydrogen) atoms. The Morgan fingerprint density at radius 3 is 2.00 bits per heavy atom. The Labute approximate surface area is 65.3 Å². The lowest BCUT2D eigenvalue weighted by Gasteiger charge is -2.28. The second-order valence-electron chi connectivity index (χ2n) is 3.59. The molecule has 0 aromatic heterocycles. The van der Waals surface area contributed by atoms with Gasteiger partial charge in [0.15, 0.2) is 0 Å². The fraction of sp³-hybridized carbons (Fsp3) is 1.00. The Morgan fingerprint density at radius 1 is 1.50 bits per heavy atom. The van der Waals surface area contributed by atoms with Gasteiger partial charge in [-0.3, -0.25) is 4.21 Å². The van der Waals surface area contributed by atoms with Crippen molar-refractivity contribution in [3.63, 3.8) is 0 Å². The Morgan fingerprint density at radius 2 is 1.90 bits per heavy atom. The van der Waals surface area contributed by atoms with E-state index in [-0.39, 0.29) is 0 Å². The smallest absolute Gasteiger partial charge is 0.0273 e. The molecule has 0 radical (unpaired) electrons. The first-order valence-electron chi connectivity index (χ1n) is 3.45. The third-order valence-electron chi connectivity index (χ3n) is 1.35. The second kappa shape index (κ2) is 3.49. The molecule has 1 atom stereocenters. The summed E-state index contributed by atoms with van der Waals surface area (Å²) >= 11 is -1.95. The van der Waals surface area contributed by atoms with Gasteiger partial charge in [0.05, 0.1) is 0 Å². The van der Waals surface area contributed by atoms with E-state index < -0.39 is 15.8 Å². The maximum Gasteiger partial charge on any atom is 0.0273 e. The van der Waals surface area contributed by atoms with Gasteiger partial charge < -0.3 is 4.55 Å². The van der Waals surface area contributed by atoms with Crippen molar-refractivity contribution in [1.29, 1.82) is 0 Å². The first kappa shape index (κ1) is 10.1. The standard InChI is InChI=1S/C7H16O2S/c1-6(2)5-7(3,4)10(8)9/h6H,5H2,1-4H3,(H,8,9)/p-1. The third-order valence-corrected chi connectivity index (χ3v) is 2.42. The molecule has 0 spiro atoms. The molecule has 1 unspecified atom stereocenters. The van der Waals surface area contributed by atoms with Crippen LogP contribution < -0.4 is 0 Å². The molecule has 0 aromatic rings. The van der Waals surface area contributed by atoms with Gasteiger partial charge in [-0.1, -0.05) is 13.8 Å². The SMILES string of the molecule is CC(C)CC(C)(C)S(=O)[O-]. The quantitative estimate of drug-likeness (QED) is 0.594. The van der Waals surface area contributed by atoms with Crippen LogP contribution in [0.4, 0.5) is 0 Å². The molecule has 0 rings (SSSR count). The average Bonchev–Trinajstić information content (AvgIpc) is 1.60. The van der Waals surface area contributed by atoms with E-state index in [2.05, 4.69) is 0 Å². The summed E-state index contributed by atoms with van der Waals surface area (Å²) in [6.45, 7) is 7.54. The fourth-order valence-electron chi connectivity index (χ4n) is 1.05. The highest BCUT2D eigenvalue weighted by molar-refractivity contribution is 7.80. The van der Waals surface area contributed by atoms with E-state index in [0.717, 1.165) is 6.42 Å². The highest BCUT2D eigenvalue weighted by atomic mass is 32.2. The lowest BCUT2D eigenvalue weighted by Crippen LogP contribution is -2.27. The zero-order valence-corrected chi connectivity index (χ0v) is 7.83. The number of rotatable bonds is 3. The number of hydrogen-bond acceptors (Lipinski definition) is 2. The number of hydrogen-bond donors (Lipinski definition) is 0. The topological polar surface area (TPSA) is 40.1 Å². The van der Waals surface area contributed by atoms with Crippen LogP contribution in [-0.4, -0.2) is 13.5 Å². The third kappa shape index (κ3) is 3.32. The van der Waals surface area contributed by atoms with Gasteiger partial charge in [-0.05, 0) is 37.3 Å². The maximum atomic E-state index is 10.6. The van der Waals surface area contributed by atoms with Crippen molar-refractivity contribution in [3.8, 4) is 0 Å². The largest absolute Gasteiger partial charge is 0.772 e. The summed E-state index contributed by atoms with van der Waals surface area (Å²) in [5.74, 6) is 0.438. The molecule has 0 fully saturated rings. The summed E-state index contributed by atoms with van der Waals surface area (Å²) in [6, 6.07) is 0. The van der Waals surface area contributed by atoms with Crippen LogP contribution in [0.1, 0.15) is 34.1 Å². The van der Waals surface area contributed by atoms with Crippen molar-refractivity contribution in [1.82, 2.24) is 0 Å². The van der Waals surface area contributed by atoms with Gasteiger partial charge in [0.25, 0.3) is 0 Å². The maximum absolute atomic E-state index is 10.6. The molecular weight excluding hydrogens is 148 g/mol. The molecule has 0 aliphatic rings. The molecular formula is C7H15O2S-. The summed E-state index contributed by atoms with van der Waals surface area (Å²) in [6.07, 6.45) is 0.725. The molecule has 0 N–H and O–H groups in total. The van der Waals surface area contributed by atoms with Crippen LogP contribution in [0.3, 0.4) is 0 Å². The molecule has 62 valence electrons. The zero-order valence-electron chi connectivity index (χ0n) is 7.01. The Balaban J connectivity index is 4.00. The Bertz CT molecular complexity index is 130. The fourth-order valence-corrected chi connectivity index (χ4v) is 1.52. The summed E-state index contributed by atoms with van der Waals surface area (Å²) in [7, 11) is 0. The minimum atomic E-state index is -1.95. The molecule has 0 saturated heterocycles. The Kier molecular flexibility index (Phi) is 3.52. The first-order valence-corrected chi connectivity index (χ1v) is 4.53. The highest BCUT2D eigenvalue weighted by Crippen LogP contribution is 2.20. The monoisotopic (exact) mass is 163 g/mol. The molecule has 2 nitrogen and oxygen atoms in total. The van der Waals surface area contributed by atoms with Crippen molar-refractivity contribution in [2.75, 3.05) is 0 Å².